The van der Waals surface area contributed by atoms with Crippen molar-refractivity contribution >= 4 is 28.8 Å². The maximum atomic E-state index is 12.6. The largest absolute Gasteiger partial charge is 0.508 e. The van der Waals surface area contributed by atoms with E-state index in [1.165, 1.54) is 30.3 Å². The second kappa shape index (κ2) is 18.2. The van der Waals surface area contributed by atoms with Crippen molar-refractivity contribution in [1.29, 1.82) is 0 Å². The Bertz CT molecular complexity index is 2060. The number of phenolic OH excluding ortho intramolecular Hbond substituents is 2. The number of ether oxygens (including phenoxy) is 1. The molecule has 0 aromatic heterocycles. The number of nitro benzene ring substituents is 3. The number of benzene rings is 4. The number of non-ortho nitro benzene ring substituents is 3. The first-order chi connectivity index (χ1) is 26.7. The highest BCUT2D eigenvalue weighted by Gasteiger charge is 2.33. The van der Waals surface area contributed by atoms with Gasteiger partial charge in [-0.25, -0.2) is 4.79 Å². The third-order valence-electron chi connectivity index (χ3n) is 9.86. The highest BCUT2D eigenvalue weighted by Crippen LogP contribution is 2.36. The van der Waals surface area contributed by atoms with Gasteiger partial charge in [-0.1, -0.05) is 39.3 Å². The molecule has 1 aliphatic carbocycles. The minimum atomic E-state index is -0.741. The van der Waals surface area contributed by atoms with E-state index in [1.54, 1.807) is 29.2 Å². The predicted octanol–water partition coefficient (Wildman–Crippen LogP) is 8.23. The molecule has 3 N–H and O–H groups in total. The van der Waals surface area contributed by atoms with Gasteiger partial charge in [0.2, 0.25) is 0 Å². The number of carbonyl (C=O) groups is 1. The summed E-state index contributed by atoms with van der Waals surface area (Å²) in [7, 11) is 0. The van der Waals surface area contributed by atoms with Gasteiger partial charge >= 0.3 is 6.09 Å². The minimum Gasteiger partial charge on any atom is -0.508 e. The molecular weight excluding hydrogens is 730 g/mol. The van der Waals surface area contributed by atoms with Gasteiger partial charge in [0.25, 0.3) is 17.1 Å². The van der Waals surface area contributed by atoms with Crippen molar-refractivity contribution in [3.8, 4) is 17.2 Å². The van der Waals surface area contributed by atoms with Gasteiger partial charge in [-0.3, -0.25) is 35.2 Å². The molecule has 1 fully saturated rings. The van der Waals surface area contributed by atoms with Crippen molar-refractivity contribution in [1.82, 2.24) is 5.32 Å². The summed E-state index contributed by atoms with van der Waals surface area (Å²) in [6, 6.07) is 17.8. The van der Waals surface area contributed by atoms with Gasteiger partial charge in [0.1, 0.15) is 30.0 Å². The number of carbonyl (C=O) groups excluding carboxylic acids is 1. The van der Waals surface area contributed by atoms with Gasteiger partial charge in [0.05, 0.1) is 14.8 Å². The monoisotopic (exact) mass is 773 g/mol. The topological polar surface area (TPSA) is 230 Å². The lowest BCUT2D eigenvalue weighted by Crippen LogP contribution is -2.36. The summed E-state index contributed by atoms with van der Waals surface area (Å²) in [4.78, 5) is 57.9. The summed E-state index contributed by atoms with van der Waals surface area (Å²) in [6.45, 7) is 5.99. The van der Waals surface area contributed by atoms with Crippen LogP contribution in [0.4, 0.5) is 27.5 Å². The number of amides is 1. The third kappa shape index (κ3) is 10.6. The molecule has 0 radical (unpaired) electrons. The van der Waals surface area contributed by atoms with Gasteiger partial charge in [-0.05, 0) is 66.5 Å². The molecule has 1 aliphatic rings. The average molecular weight is 774 g/mol. The number of aromatic hydroxyl groups is 2. The van der Waals surface area contributed by atoms with E-state index >= 15 is 0 Å². The number of nitrogens with one attached hydrogen (secondary N) is 1. The third-order valence-corrected chi connectivity index (χ3v) is 9.86. The Morgan fingerprint density at radius 3 is 1.96 bits per heavy atom. The summed E-state index contributed by atoms with van der Waals surface area (Å²) in [5, 5.41) is 58.4. The van der Waals surface area contributed by atoms with Crippen molar-refractivity contribution in [2.24, 2.45) is 17.8 Å². The van der Waals surface area contributed by atoms with E-state index in [1.807, 2.05) is 0 Å². The normalized spacial score (nSPS) is 16.5. The van der Waals surface area contributed by atoms with Gasteiger partial charge in [0.15, 0.2) is 0 Å². The van der Waals surface area contributed by atoms with E-state index in [2.05, 4.69) is 26.1 Å². The first-order valence-corrected chi connectivity index (χ1v) is 18.0. The number of nitro groups is 3. The van der Waals surface area contributed by atoms with Gasteiger partial charge in [0, 0.05) is 78.4 Å². The molecular formula is C39H43N5O12. The zero-order valence-electron chi connectivity index (χ0n) is 31.0. The molecule has 296 valence electrons. The molecule has 17 nitrogen and oxygen atoms in total. The highest BCUT2D eigenvalue weighted by molar-refractivity contribution is 5.66. The number of anilines is 1. The molecule has 1 amide bonds. The minimum absolute atomic E-state index is 0.0848. The van der Waals surface area contributed by atoms with Gasteiger partial charge < -0.3 is 25.2 Å². The standard InChI is InChI=1S/C39H43N5O12/c1-24(2)34-12-4-25(3)16-38(34)55-56-39(47)40-20-26-5-7-30(8-6-26)41(21-27-17-31(42(48)49)9-13-35(27)45)22-28-18-33(44(52)53)11-15-37(28)54-23-29-19-32(43(50)51)10-14-36(29)46/h5-11,13-15,17-19,24-25,34,38,45-46H,4,12,16,20-23H2,1-3H3,(H,40,47). The Morgan fingerprint density at radius 2 is 1.36 bits per heavy atom. The van der Waals surface area contributed by atoms with Crippen molar-refractivity contribution in [2.45, 2.75) is 72.4 Å². The second-order valence-electron chi connectivity index (χ2n) is 14.2. The van der Waals surface area contributed by atoms with Crippen molar-refractivity contribution in [3.63, 3.8) is 0 Å². The molecule has 0 saturated heterocycles. The van der Waals surface area contributed by atoms with Gasteiger partial charge in [-0.2, -0.15) is 4.89 Å². The molecule has 5 rings (SSSR count). The van der Waals surface area contributed by atoms with Crippen LogP contribution in [-0.2, 0) is 36.0 Å². The zero-order chi connectivity index (χ0) is 40.5. The molecule has 3 unspecified atom stereocenters. The number of hydrogen-bond acceptors (Lipinski definition) is 13. The van der Waals surface area contributed by atoms with E-state index in [0.717, 1.165) is 43.5 Å². The van der Waals surface area contributed by atoms with E-state index in [4.69, 9.17) is 14.5 Å². The summed E-state index contributed by atoms with van der Waals surface area (Å²) in [6.07, 6.45) is 1.97. The lowest BCUT2D eigenvalue weighted by molar-refractivity contribution is -0.385. The zero-order valence-corrected chi connectivity index (χ0v) is 31.0. The fraction of sp³-hybridized carbons (Fsp3) is 0.359. The average Bonchev–Trinajstić information content (AvgIpc) is 3.16. The van der Waals surface area contributed by atoms with Crippen LogP contribution in [0, 0.1) is 48.1 Å². The lowest BCUT2D eigenvalue weighted by atomic mass is 9.75. The first-order valence-electron chi connectivity index (χ1n) is 18.0. The van der Waals surface area contributed by atoms with Crippen LogP contribution in [0.25, 0.3) is 0 Å². The quantitative estimate of drug-likeness (QED) is 0.0554. The Kier molecular flexibility index (Phi) is 13.2. The van der Waals surface area contributed by atoms with E-state index < -0.39 is 20.9 Å². The summed E-state index contributed by atoms with van der Waals surface area (Å²) >= 11 is 0. The molecule has 0 heterocycles. The van der Waals surface area contributed by atoms with Crippen LogP contribution in [0.3, 0.4) is 0 Å². The van der Waals surface area contributed by atoms with Crippen LogP contribution in [0.15, 0.2) is 78.9 Å². The molecule has 4 aromatic carbocycles. The Morgan fingerprint density at radius 1 is 0.804 bits per heavy atom. The highest BCUT2D eigenvalue weighted by atomic mass is 17.2. The van der Waals surface area contributed by atoms with Gasteiger partial charge in [-0.15, -0.1) is 0 Å². The molecule has 0 bridgehead atoms. The smallest absolute Gasteiger partial charge is 0.438 e. The van der Waals surface area contributed by atoms with E-state index in [-0.39, 0.29) is 89.3 Å². The molecule has 1 saturated carbocycles. The Hall–Kier alpha value is -6.49. The maximum absolute atomic E-state index is 12.6. The fourth-order valence-corrected chi connectivity index (χ4v) is 6.72. The summed E-state index contributed by atoms with van der Waals surface area (Å²) in [5.41, 5.74) is 0.999. The molecule has 4 aromatic rings. The number of hydrogen-bond donors (Lipinski definition) is 3. The molecule has 0 aliphatic heterocycles. The predicted molar refractivity (Wildman–Crippen MR) is 203 cm³/mol. The first kappa shape index (κ1) is 40.7. The van der Waals surface area contributed by atoms with Crippen LogP contribution in [0.5, 0.6) is 17.2 Å². The van der Waals surface area contributed by atoms with E-state index in [9.17, 15) is 45.4 Å². The molecule has 56 heavy (non-hydrogen) atoms. The number of phenols is 2. The number of rotatable bonds is 16. The Labute approximate surface area is 321 Å². The second-order valence-corrected chi connectivity index (χ2v) is 14.2. The summed E-state index contributed by atoms with van der Waals surface area (Å²) in [5.74, 6) is 0.802. The molecule has 3 atom stereocenters. The van der Waals surface area contributed by atoms with Crippen LogP contribution < -0.4 is 15.0 Å². The fourth-order valence-electron chi connectivity index (χ4n) is 6.72. The molecule has 0 spiro atoms. The lowest BCUT2D eigenvalue weighted by Gasteiger charge is -2.35. The van der Waals surface area contributed by atoms with Crippen molar-refractivity contribution in [2.75, 3.05) is 4.90 Å². The van der Waals surface area contributed by atoms with Crippen LogP contribution in [-0.4, -0.2) is 37.2 Å². The molecule has 17 heteroatoms. The van der Waals surface area contributed by atoms with Crippen LogP contribution in [0.2, 0.25) is 0 Å². The summed E-state index contributed by atoms with van der Waals surface area (Å²) < 4.78 is 5.96. The maximum Gasteiger partial charge on any atom is 0.438 e. The van der Waals surface area contributed by atoms with Crippen molar-refractivity contribution < 1.29 is 44.3 Å². The van der Waals surface area contributed by atoms with Crippen molar-refractivity contribution in [3.05, 3.63) is 131 Å². The number of nitrogens with zero attached hydrogens (tertiary/aromatic N) is 4. The van der Waals surface area contributed by atoms with E-state index in [0.29, 0.717) is 23.1 Å². The van der Waals surface area contributed by atoms with Crippen LogP contribution in [0.1, 0.15) is 62.3 Å². The SMILES string of the molecule is CC1CCC(C(C)C)C(OOC(=O)NCc2ccc(N(Cc3cc([N+](=O)[O-])ccc3O)Cc3cc([N+](=O)[O-])ccc3OCc3cc([N+](=O)[O-])ccc3O)cc2)C1. The van der Waals surface area contributed by atoms with Crippen LogP contribution >= 0.6 is 0 Å². The Balaban J connectivity index is 1.37.